The van der Waals surface area contributed by atoms with E-state index in [-0.39, 0.29) is 0 Å². The van der Waals surface area contributed by atoms with Crippen LogP contribution in [-0.2, 0) is 9.59 Å². The molecule has 2 atom stereocenters. The molecule has 0 aliphatic carbocycles. The zero-order valence-electron chi connectivity index (χ0n) is 13.3. The van der Waals surface area contributed by atoms with Crippen molar-refractivity contribution in [1.82, 2.24) is 10.9 Å². The monoisotopic (exact) mass is 486 g/mol. The summed E-state index contributed by atoms with van der Waals surface area (Å²) in [6, 6.07) is 13.4. The number of nitrogens with one attached hydrogen (secondary N) is 2. The van der Waals surface area contributed by atoms with Gasteiger partial charge in [0.1, 0.15) is 11.5 Å². The minimum atomic E-state index is -1.38. The molecular formula is C16H16Br2N4O4. The number of benzene rings is 2. The van der Waals surface area contributed by atoms with Crippen LogP contribution in [0.2, 0.25) is 0 Å². The Morgan fingerprint density at radius 1 is 0.731 bits per heavy atom. The summed E-state index contributed by atoms with van der Waals surface area (Å²) in [5.74, 6) is 9.65. The van der Waals surface area contributed by atoms with Crippen molar-refractivity contribution in [2.75, 3.05) is 0 Å². The highest BCUT2D eigenvalue weighted by Gasteiger charge is 2.37. The van der Waals surface area contributed by atoms with Crippen molar-refractivity contribution in [1.29, 1.82) is 0 Å². The van der Waals surface area contributed by atoms with Crippen LogP contribution in [0.1, 0.15) is 0 Å². The Morgan fingerprint density at radius 3 is 1.31 bits per heavy atom. The maximum Gasteiger partial charge on any atom is 0.279 e. The maximum atomic E-state index is 12.2. The zero-order valence-corrected chi connectivity index (χ0v) is 16.5. The standard InChI is InChI=1S/C16H16Br2N4O4/c17-9-1-5-11(6-2-9)25-13(15(23)21-19)14(16(24)22-20)26-12-7-3-10(18)4-8-12/h1-8,13-14H,19-20H2,(H,21,23)(H,22,24). The number of hydrogen-bond donors (Lipinski definition) is 4. The number of ether oxygens (including phenoxy) is 2. The highest BCUT2D eigenvalue weighted by atomic mass is 79.9. The van der Waals surface area contributed by atoms with E-state index in [9.17, 15) is 9.59 Å². The minimum Gasteiger partial charge on any atom is -0.476 e. The summed E-state index contributed by atoms with van der Waals surface area (Å²) in [6.07, 6.45) is -2.76. The summed E-state index contributed by atoms with van der Waals surface area (Å²) in [7, 11) is 0. The number of amides is 2. The smallest absolute Gasteiger partial charge is 0.279 e. The van der Waals surface area contributed by atoms with Crippen molar-refractivity contribution >= 4 is 43.7 Å². The molecule has 2 aromatic rings. The first-order valence-corrected chi connectivity index (χ1v) is 8.88. The van der Waals surface area contributed by atoms with E-state index in [4.69, 9.17) is 21.2 Å². The van der Waals surface area contributed by atoms with E-state index in [0.717, 1.165) is 8.95 Å². The van der Waals surface area contributed by atoms with Gasteiger partial charge in [0.05, 0.1) is 0 Å². The van der Waals surface area contributed by atoms with Gasteiger partial charge in [0.15, 0.2) is 0 Å². The van der Waals surface area contributed by atoms with Crippen LogP contribution in [0.25, 0.3) is 0 Å². The second-order valence-corrected chi connectivity index (χ2v) is 6.83. The summed E-state index contributed by atoms with van der Waals surface area (Å²) < 4.78 is 12.9. The summed E-state index contributed by atoms with van der Waals surface area (Å²) in [4.78, 5) is 24.4. The van der Waals surface area contributed by atoms with Gasteiger partial charge in [-0.3, -0.25) is 20.4 Å². The lowest BCUT2D eigenvalue weighted by molar-refractivity contribution is -0.142. The fraction of sp³-hybridized carbons (Fsp3) is 0.125. The maximum absolute atomic E-state index is 12.2. The van der Waals surface area contributed by atoms with E-state index in [0.29, 0.717) is 11.5 Å². The first-order valence-electron chi connectivity index (χ1n) is 7.30. The van der Waals surface area contributed by atoms with Gasteiger partial charge >= 0.3 is 0 Å². The fourth-order valence-electron chi connectivity index (χ4n) is 1.99. The van der Waals surface area contributed by atoms with Crippen LogP contribution in [0.4, 0.5) is 0 Å². The summed E-state index contributed by atoms with van der Waals surface area (Å²) in [6.45, 7) is 0. The molecule has 0 spiro atoms. The second-order valence-electron chi connectivity index (χ2n) is 5.00. The Bertz CT molecular complexity index is 690. The van der Waals surface area contributed by atoms with Gasteiger partial charge in [0, 0.05) is 8.95 Å². The summed E-state index contributed by atoms with van der Waals surface area (Å²) >= 11 is 6.61. The molecule has 2 rings (SSSR count). The summed E-state index contributed by atoms with van der Waals surface area (Å²) in [5, 5.41) is 0. The molecule has 0 fully saturated rings. The SMILES string of the molecule is NNC(=O)C(Oc1ccc(Br)cc1)C(Oc1ccc(Br)cc1)C(=O)NN. The molecule has 0 aliphatic rings. The molecule has 10 heteroatoms. The molecule has 2 unspecified atom stereocenters. The molecule has 0 aliphatic heterocycles. The number of nitrogens with two attached hydrogens (primary N) is 2. The van der Waals surface area contributed by atoms with Crippen LogP contribution in [0, 0.1) is 0 Å². The quantitative estimate of drug-likeness (QED) is 0.265. The molecule has 6 N–H and O–H groups in total. The van der Waals surface area contributed by atoms with Crippen LogP contribution >= 0.6 is 31.9 Å². The Hall–Kier alpha value is -2.14. The third kappa shape index (κ3) is 5.43. The average Bonchev–Trinajstić information content (AvgIpc) is 2.66. The van der Waals surface area contributed by atoms with Crippen LogP contribution < -0.4 is 32.0 Å². The topological polar surface area (TPSA) is 129 Å². The molecule has 2 amide bonds. The highest BCUT2D eigenvalue weighted by molar-refractivity contribution is 9.10. The number of hydrazine groups is 2. The van der Waals surface area contributed by atoms with E-state index >= 15 is 0 Å². The fourth-order valence-corrected chi connectivity index (χ4v) is 2.52. The van der Waals surface area contributed by atoms with Gasteiger partial charge in [-0.25, -0.2) is 11.7 Å². The number of carbonyl (C=O) groups is 2. The molecule has 26 heavy (non-hydrogen) atoms. The van der Waals surface area contributed by atoms with E-state index in [1.54, 1.807) is 48.5 Å². The Kier molecular flexibility index (Phi) is 7.39. The predicted molar refractivity (Wildman–Crippen MR) is 102 cm³/mol. The summed E-state index contributed by atoms with van der Waals surface area (Å²) in [5.41, 5.74) is 3.94. The van der Waals surface area contributed by atoms with Gasteiger partial charge in [-0.2, -0.15) is 0 Å². The highest BCUT2D eigenvalue weighted by Crippen LogP contribution is 2.22. The van der Waals surface area contributed by atoms with Crippen LogP contribution in [0.5, 0.6) is 11.5 Å². The number of halogens is 2. The van der Waals surface area contributed by atoms with Crippen molar-refractivity contribution in [2.45, 2.75) is 12.2 Å². The lowest BCUT2D eigenvalue weighted by Gasteiger charge is -2.26. The number of carbonyl (C=O) groups excluding carboxylic acids is 2. The van der Waals surface area contributed by atoms with Gasteiger partial charge in [0.25, 0.3) is 11.8 Å². The predicted octanol–water partition coefficient (Wildman–Crippen LogP) is 1.39. The average molecular weight is 488 g/mol. The van der Waals surface area contributed by atoms with E-state index in [1.807, 2.05) is 10.9 Å². The molecular weight excluding hydrogens is 472 g/mol. The molecule has 138 valence electrons. The third-order valence-corrected chi connectivity index (χ3v) is 4.29. The lowest BCUT2D eigenvalue weighted by Crippen LogP contribution is -2.57. The molecule has 0 saturated carbocycles. The van der Waals surface area contributed by atoms with Crippen molar-refractivity contribution in [3.63, 3.8) is 0 Å². The molecule has 0 saturated heterocycles. The molecule has 0 bridgehead atoms. The van der Waals surface area contributed by atoms with Crippen molar-refractivity contribution in [2.24, 2.45) is 11.7 Å². The van der Waals surface area contributed by atoms with Crippen molar-refractivity contribution < 1.29 is 19.1 Å². The molecule has 8 nitrogen and oxygen atoms in total. The van der Waals surface area contributed by atoms with E-state index < -0.39 is 24.0 Å². The first kappa shape index (κ1) is 20.2. The van der Waals surface area contributed by atoms with Crippen molar-refractivity contribution in [3.8, 4) is 11.5 Å². The van der Waals surface area contributed by atoms with E-state index in [2.05, 4.69) is 31.9 Å². The van der Waals surface area contributed by atoms with Crippen LogP contribution in [0.15, 0.2) is 57.5 Å². The minimum absolute atomic E-state index is 0.344. The van der Waals surface area contributed by atoms with Gasteiger partial charge in [-0.15, -0.1) is 0 Å². The Morgan fingerprint density at radius 2 is 1.04 bits per heavy atom. The van der Waals surface area contributed by atoms with Gasteiger partial charge < -0.3 is 9.47 Å². The molecule has 0 heterocycles. The number of hydrogen-bond acceptors (Lipinski definition) is 6. The largest absolute Gasteiger partial charge is 0.476 e. The normalized spacial score (nSPS) is 12.6. The number of rotatable bonds is 7. The van der Waals surface area contributed by atoms with Gasteiger partial charge in [0.2, 0.25) is 12.2 Å². The molecule has 0 radical (unpaired) electrons. The van der Waals surface area contributed by atoms with Crippen LogP contribution in [0.3, 0.4) is 0 Å². The Labute approximate surface area is 166 Å². The lowest BCUT2D eigenvalue weighted by atomic mass is 10.1. The third-order valence-electron chi connectivity index (χ3n) is 3.23. The Balaban J connectivity index is 2.31. The van der Waals surface area contributed by atoms with Crippen molar-refractivity contribution in [3.05, 3.63) is 57.5 Å². The van der Waals surface area contributed by atoms with Crippen LogP contribution in [-0.4, -0.2) is 24.0 Å². The molecule has 0 aromatic heterocycles. The first-order chi connectivity index (χ1) is 12.4. The zero-order chi connectivity index (χ0) is 19.1. The second kappa shape index (κ2) is 9.53. The van der Waals surface area contributed by atoms with E-state index in [1.165, 1.54) is 0 Å². The van der Waals surface area contributed by atoms with Gasteiger partial charge in [-0.05, 0) is 48.5 Å². The van der Waals surface area contributed by atoms with Gasteiger partial charge in [-0.1, -0.05) is 31.9 Å². The molecule has 2 aromatic carbocycles.